The van der Waals surface area contributed by atoms with Crippen molar-refractivity contribution in [2.45, 2.75) is 57.4 Å². The third-order valence-electron chi connectivity index (χ3n) is 8.22. The van der Waals surface area contributed by atoms with E-state index >= 15 is 0 Å². The summed E-state index contributed by atoms with van der Waals surface area (Å²) >= 11 is 0. The fourth-order valence-electron chi connectivity index (χ4n) is 6.27. The number of ether oxygens (including phenoxy) is 2. The molecular weight excluding hydrogens is 454 g/mol. The van der Waals surface area contributed by atoms with Gasteiger partial charge >= 0.3 is 0 Å². The number of anilines is 1. The predicted octanol–water partition coefficient (Wildman–Crippen LogP) is 3.10. The van der Waals surface area contributed by atoms with E-state index in [2.05, 4.69) is 31.4 Å². The van der Waals surface area contributed by atoms with Gasteiger partial charge in [0.1, 0.15) is 4.90 Å². The monoisotopic (exact) mass is 493 g/mol. The SMILES string of the molecule is COCCCNc1ccc(C(=O)NC2C(C)(C)[C@@H]3CC[C@]2(C)C3)cc1S(=O)(=O)N1CCOCC1. The third-order valence-corrected chi connectivity index (χ3v) is 10.2. The summed E-state index contributed by atoms with van der Waals surface area (Å²) in [6, 6.07) is 5.02. The highest BCUT2D eigenvalue weighted by atomic mass is 32.2. The minimum absolute atomic E-state index is 0.0220. The van der Waals surface area contributed by atoms with Crippen molar-refractivity contribution < 1.29 is 22.7 Å². The maximum Gasteiger partial charge on any atom is 0.251 e. The largest absolute Gasteiger partial charge is 0.385 e. The zero-order valence-electron chi connectivity index (χ0n) is 20.9. The summed E-state index contributed by atoms with van der Waals surface area (Å²) in [5.41, 5.74) is 0.992. The van der Waals surface area contributed by atoms with E-state index in [-0.39, 0.29) is 27.7 Å². The van der Waals surface area contributed by atoms with Crippen molar-refractivity contribution in [3.05, 3.63) is 23.8 Å². The maximum atomic E-state index is 13.5. The van der Waals surface area contributed by atoms with Gasteiger partial charge in [-0.1, -0.05) is 20.8 Å². The number of nitrogens with zero attached hydrogens (tertiary/aromatic N) is 1. The topological polar surface area (TPSA) is 97.0 Å². The van der Waals surface area contributed by atoms with E-state index in [4.69, 9.17) is 9.47 Å². The van der Waals surface area contributed by atoms with Gasteiger partial charge in [0, 0.05) is 45.0 Å². The number of nitrogens with one attached hydrogen (secondary N) is 2. The van der Waals surface area contributed by atoms with Gasteiger partial charge in [-0.25, -0.2) is 8.42 Å². The lowest BCUT2D eigenvalue weighted by atomic mass is 9.68. The Labute approximate surface area is 203 Å². The zero-order chi connectivity index (χ0) is 24.6. The van der Waals surface area contributed by atoms with E-state index in [9.17, 15) is 13.2 Å². The molecule has 1 saturated heterocycles. The van der Waals surface area contributed by atoms with Crippen molar-refractivity contribution >= 4 is 21.6 Å². The van der Waals surface area contributed by atoms with Gasteiger partial charge < -0.3 is 20.1 Å². The molecule has 1 aliphatic heterocycles. The molecule has 4 rings (SSSR count). The minimum atomic E-state index is -3.78. The first kappa shape index (κ1) is 25.4. The predicted molar refractivity (Wildman–Crippen MR) is 131 cm³/mol. The molecule has 1 aromatic rings. The van der Waals surface area contributed by atoms with Crippen LogP contribution in [-0.2, 0) is 19.5 Å². The van der Waals surface area contributed by atoms with Crippen molar-refractivity contribution in [2.75, 3.05) is 51.9 Å². The molecule has 0 spiro atoms. The molecule has 1 amide bonds. The number of methoxy groups -OCH3 is 1. The molecule has 2 N–H and O–H groups in total. The number of hydrogen-bond donors (Lipinski definition) is 2. The van der Waals surface area contributed by atoms with E-state index in [0.29, 0.717) is 56.6 Å². The second kappa shape index (κ2) is 9.76. The Morgan fingerprint density at radius 2 is 1.97 bits per heavy atom. The Morgan fingerprint density at radius 1 is 1.24 bits per heavy atom. The lowest BCUT2D eigenvalue weighted by molar-refractivity contribution is 0.0729. The van der Waals surface area contributed by atoms with Crippen molar-refractivity contribution in [1.82, 2.24) is 9.62 Å². The van der Waals surface area contributed by atoms with Crippen LogP contribution in [0.1, 0.15) is 56.8 Å². The quantitative estimate of drug-likeness (QED) is 0.513. The van der Waals surface area contributed by atoms with E-state index in [0.717, 1.165) is 19.3 Å². The van der Waals surface area contributed by atoms with Crippen LogP contribution in [0.5, 0.6) is 0 Å². The Morgan fingerprint density at radius 3 is 2.62 bits per heavy atom. The van der Waals surface area contributed by atoms with Crippen LogP contribution < -0.4 is 10.6 Å². The smallest absolute Gasteiger partial charge is 0.251 e. The van der Waals surface area contributed by atoms with E-state index in [1.807, 2.05) is 0 Å². The molecule has 1 aromatic carbocycles. The fraction of sp³-hybridized carbons (Fsp3) is 0.720. The molecule has 2 bridgehead atoms. The molecular formula is C25H39N3O5S. The molecule has 2 aliphatic carbocycles. The molecule has 8 nitrogen and oxygen atoms in total. The maximum absolute atomic E-state index is 13.5. The summed E-state index contributed by atoms with van der Waals surface area (Å²) in [7, 11) is -2.14. The number of carbonyl (C=O) groups is 1. The molecule has 9 heteroatoms. The third kappa shape index (κ3) is 4.72. The zero-order valence-corrected chi connectivity index (χ0v) is 21.7. The molecule has 0 aromatic heterocycles. The van der Waals surface area contributed by atoms with Crippen molar-refractivity contribution in [1.29, 1.82) is 0 Å². The van der Waals surface area contributed by atoms with Gasteiger partial charge in [-0.2, -0.15) is 4.31 Å². The van der Waals surface area contributed by atoms with E-state index in [1.165, 1.54) is 16.8 Å². The van der Waals surface area contributed by atoms with Crippen LogP contribution in [0.4, 0.5) is 5.69 Å². The fourth-order valence-corrected chi connectivity index (χ4v) is 7.87. The number of fused-ring (bicyclic) bond motifs is 2. The highest BCUT2D eigenvalue weighted by Gasteiger charge is 2.59. The number of morpholine rings is 1. The van der Waals surface area contributed by atoms with Crippen molar-refractivity contribution in [3.63, 3.8) is 0 Å². The second-order valence-corrected chi connectivity index (χ2v) is 12.7. The Hall–Kier alpha value is -1.68. The Kier molecular flexibility index (Phi) is 7.29. The molecule has 2 saturated carbocycles. The average molecular weight is 494 g/mol. The van der Waals surface area contributed by atoms with Crippen LogP contribution in [0.25, 0.3) is 0 Å². The molecule has 0 radical (unpaired) electrons. The van der Waals surface area contributed by atoms with E-state index < -0.39 is 10.0 Å². The highest BCUT2D eigenvalue weighted by molar-refractivity contribution is 7.89. The first-order valence-electron chi connectivity index (χ1n) is 12.4. The normalized spacial score (nSPS) is 28.7. The number of sulfonamides is 1. The molecule has 3 aliphatic rings. The summed E-state index contributed by atoms with van der Waals surface area (Å²) in [6.07, 6.45) is 4.20. The summed E-state index contributed by atoms with van der Waals surface area (Å²) in [5.74, 6) is 0.398. The first-order chi connectivity index (χ1) is 16.1. The summed E-state index contributed by atoms with van der Waals surface area (Å²) < 4.78 is 39.0. The van der Waals surface area contributed by atoms with Crippen molar-refractivity contribution in [2.24, 2.45) is 16.7 Å². The summed E-state index contributed by atoms with van der Waals surface area (Å²) in [4.78, 5) is 13.5. The van der Waals surface area contributed by atoms with Gasteiger partial charge in [-0.15, -0.1) is 0 Å². The van der Waals surface area contributed by atoms with Crippen molar-refractivity contribution in [3.8, 4) is 0 Å². The molecule has 190 valence electrons. The van der Waals surface area contributed by atoms with Gasteiger partial charge in [-0.3, -0.25) is 4.79 Å². The van der Waals surface area contributed by atoms with Crippen LogP contribution >= 0.6 is 0 Å². The van der Waals surface area contributed by atoms with Gasteiger partial charge in [-0.05, 0) is 60.6 Å². The Balaban J connectivity index is 1.60. The number of amides is 1. The lowest BCUT2D eigenvalue weighted by Gasteiger charge is -2.43. The molecule has 3 atom stereocenters. The van der Waals surface area contributed by atoms with Gasteiger partial charge in [0.25, 0.3) is 5.91 Å². The summed E-state index contributed by atoms with van der Waals surface area (Å²) in [5, 5.41) is 6.52. The lowest BCUT2D eigenvalue weighted by Crippen LogP contribution is -2.52. The number of hydrogen-bond acceptors (Lipinski definition) is 6. The number of rotatable bonds is 9. The second-order valence-electron chi connectivity index (χ2n) is 10.8. The number of carbonyl (C=O) groups excluding carboxylic acids is 1. The first-order valence-corrected chi connectivity index (χ1v) is 13.8. The highest BCUT2D eigenvalue weighted by Crippen LogP contribution is 2.62. The molecule has 3 fully saturated rings. The minimum Gasteiger partial charge on any atom is -0.385 e. The Bertz CT molecular complexity index is 1000. The molecule has 1 heterocycles. The summed E-state index contributed by atoms with van der Waals surface area (Å²) in [6.45, 7) is 9.25. The standard InChI is InChI=1S/C25H39N3O5S/c1-24(2)19-8-9-25(3,17-19)23(24)27-22(29)18-6-7-20(26-10-5-13-32-4)21(16-18)34(30,31)28-11-14-33-15-12-28/h6-7,16,19,23,26H,5,8-15,17H2,1-4H3,(H,27,29)/t19-,23?,25-/m1/s1. The molecule has 1 unspecified atom stereocenters. The van der Waals surface area contributed by atoms with Crippen LogP contribution in [0, 0.1) is 16.7 Å². The van der Waals surface area contributed by atoms with Gasteiger partial charge in [0.05, 0.1) is 18.9 Å². The van der Waals surface area contributed by atoms with Gasteiger partial charge in [0.2, 0.25) is 10.0 Å². The number of benzene rings is 1. The van der Waals surface area contributed by atoms with E-state index in [1.54, 1.807) is 19.2 Å². The average Bonchev–Trinajstić information content (AvgIpc) is 3.31. The van der Waals surface area contributed by atoms with Crippen LogP contribution in [0.15, 0.2) is 23.1 Å². The van der Waals surface area contributed by atoms with Crippen LogP contribution in [0.2, 0.25) is 0 Å². The van der Waals surface area contributed by atoms with Gasteiger partial charge in [0.15, 0.2) is 0 Å². The van der Waals surface area contributed by atoms with Crippen LogP contribution in [-0.4, -0.2) is 71.2 Å². The van der Waals surface area contributed by atoms with Crippen LogP contribution in [0.3, 0.4) is 0 Å². The molecule has 34 heavy (non-hydrogen) atoms.